The molecule has 0 aliphatic rings. The van der Waals surface area contributed by atoms with Crippen molar-refractivity contribution >= 4 is 5.97 Å². The highest BCUT2D eigenvalue weighted by Gasteiger charge is 2.13. The predicted molar refractivity (Wildman–Crippen MR) is 59.2 cm³/mol. The fourth-order valence-corrected chi connectivity index (χ4v) is 1.51. The van der Waals surface area contributed by atoms with E-state index in [2.05, 4.69) is 13.8 Å². The van der Waals surface area contributed by atoms with E-state index in [9.17, 15) is 4.79 Å². The molecule has 0 saturated carbocycles. The first kappa shape index (κ1) is 13.5. The molecule has 0 bridgehead atoms. The van der Waals surface area contributed by atoms with Crippen LogP contribution in [0.1, 0.15) is 59.8 Å². The second kappa shape index (κ2) is 7.84. The van der Waals surface area contributed by atoms with Gasteiger partial charge in [-0.15, -0.1) is 0 Å². The Morgan fingerprint density at radius 3 is 2.36 bits per heavy atom. The van der Waals surface area contributed by atoms with E-state index in [1.54, 1.807) is 0 Å². The summed E-state index contributed by atoms with van der Waals surface area (Å²) in [6.45, 7) is 7.82. The minimum Gasteiger partial charge on any atom is -0.463 e. The zero-order valence-electron chi connectivity index (χ0n) is 10.0. The maximum Gasteiger partial charge on any atom is 0.302 e. The first-order valence-electron chi connectivity index (χ1n) is 5.75. The van der Waals surface area contributed by atoms with Crippen molar-refractivity contribution in [3.05, 3.63) is 0 Å². The Labute approximate surface area is 88.0 Å². The molecule has 0 saturated heterocycles. The first-order valence-corrected chi connectivity index (χ1v) is 5.75. The SMILES string of the molecule is CCCCCCC(C)C(C)OC(C)=O. The minimum atomic E-state index is -0.169. The van der Waals surface area contributed by atoms with Crippen molar-refractivity contribution in [1.29, 1.82) is 0 Å². The lowest BCUT2D eigenvalue weighted by Crippen LogP contribution is -2.20. The smallest absolute Gasteiger partial charge is 0.302 e. The van der Waals surface area contributed by atoms with E-state index in [1.807, 2.05) is 6.92 Å². The van der Waals surface area contributed by atoms with Crippen molar-refractivity contribution in [1.82, 2.24) is 0 Å². The second-order valence-electron chi connectivity index (χ2n) is 4.14. The van der Waals surface area contributed by atoms with Crippen LogP contribution in [-0.4, -0.2) is 12.1 Å². The molecular weight excluding hydrogens is 176 g/mol. The molecule has 0 aromatic rings. The summed E-state index contributed by atoms with van der Waals surface area (Å²) >= 11 is 0. The lowest BCUT2D eigenvalue weighted by atomic mass is 9.98. The van der Waals surface area contributed by atoms with Gasteiger partial charge < -0.3 is 4.74 Å². The summed E-state index contributed by atoms with van der Waals surface area (Å²) in [5.41, 5.74) is 0. The average molecular weight is 200 g/mol. The highest BCUT2D eigenvalue weighted by atomic mass is 16.5. The Hall–Kier alpha value is -0.530. The summed E-state index contributed by atoms with van der Waals surface area (Å²) in [5.74, 6) is 0.314. The molecule has 14 heavy (non-hydrogen) atoms. The minimum absolute atomic E-state index is 0.0640. The molecule has 2 atom stereocenters. The van der Waals surface area contributed by atoms with Crippen LogP contribution >= 0.6 is 0 Å². The van der Waals surface area contributed by atoms with Crippen molar-refractivity contribution in [2.75, 3.05) is 0 Å². The van der Waals surface area contributed by atoms with Crippen LogP contribution in [0.15, 0.2) is 0 Å². The molecule has 0 rings (SSSR count). The van der Waals surface area contributed by atoms with E-state index in [1.165, 1.54) is 32.6 Å². The van der Waals surface area contributed by atoms with Gasteiger partial charge in [-0.3, -0.25) is 4.79 Å². The lowest BCUT2D eigenvalue weighted by Gasteiger charge is -2.19. The van der Waals surface area contributed by atoms with Gasteiger partial charge in [0.15, 0.2) is 0 Å². The van der Waals surface area contributed by atoms with Gasteiger partial charge >= 0.3 is 5.97 Å². The Kier molecular flexibility index (Phi) is 7.54. The molecule has 2 unspecified atom stereocenters. The number of ether oxygens (including phenoxy) is 1. The highest BCUT2D eigenvalue weighted by Crippen LogP contribution is 2.16. The molecule has 2 heteroatoms. The number of carbonyl (C=O) groups excluding carboxylic acids is 1. The van der Waals surface area contributed by atoms with E-state index < -0.39 is 0 Å². The van der Waals surface area contributed by atoms with Gasteiger partial charge in [0.25, 0.3) is 0 Å². The van der Waals surface area contributed by atoms with E-state index in [0.717, 1.165) is 6.42 Å². The van der Waals surface area contributed by atoms with Crippen molar-refractivity contribution in [3.8, 4) is 0 Å². The number of hydrogen-bond acceptors (Lipinski definition) is 2. The molecule has 2 nitrogen and oxygen atoms in total. The van der Waals surface area contributed by atoms with Gasteiger partial charge in [0.2, 0.25) is 0 Å². The molecule has 0 heterocycles. The third-order valence-electron chi connectivity index (χ3n) is 2.67. The lowest BCUT2D eigenvalue weighted by molar-refractivity contribution is -0.147. The maximum absolute atomic E-state index is 10.7. The summed E-state index contributed by atoms with van der Waals surface area (Å²) in [4.78, 5) is 10.7. The zero-order valence-corrected chi connectivity index (χ0v) is 10.0. The van der Waals surface area contributed by atoms with E-state index in [0.29, 0.717) is 5.92 Å². The Morgan fingerprint density at radius 2 is 1.86 bits per heavy atom. The Morgan fingerprint density at radius 1 is 1.21 bits per heavy atom. The van der Waals surface area contributed by atoms with Gasteiger partial charge in [-0.1, -0.05) is 39.5 Å². The molecule has 0 aromatic carbocycles. The van der Waals surface area contributed by atoms with Crippen LogP contribution in [0.5, 0.6) is 0 Å². The fraction of sp³-hybridized carbons (Fsp3) is 0.917. The third-order valence-corrected chi connectivity index (χ3v) is 2.67. The van der Waals surface area contributed by atoms with Gasteiger partial charge in [0.1, 0.15) is 6.10 Å². The van der Waals surface area contributed by atoms with Gasteiger partial charge in [0, 0.05) is 6.92 Å². The van der Waals surface area contributed by atoms with Gasteiger partial charge in [-0.05, 0) is 19.3 Å². The van der Waals surface area contributed by atoms with Crippen LogP contribution in [0.3, 0.4) is 0 Å². The molecule has 0 radical (unpaired) electrons. The second-order valence-corrected chi connectivity index (χ2v) is 4.14. The molecule has 0 aliphatic carbocycles. The van der Waals surface area contributed by atoms with Crippen LogP contribution in [0.2, 0.25) is 0 Å². The summed E-state index contributed by atoms with van der Waals surface area (Å²) in [6, 6.07) is 0. The van der Waals surface area contributed by atoms with Crippen molar-refractivity contribution in [3.63, 3.8) is 0 Å². The summed E-state index contributed by atoms with van der Waals surface area (Å²) in [5, 5.41) is 0. The number of esters is 1. The van der Waals surface area contributed by atoms with E-state index >= 15 is 0 Å². The van der Waals surface area contributed by atoms with Crippen LogP contribution in [0.4, 0.5) is 0 Å². The van der Waals surface area contributed by atoms with Gasteiger partial charge in [-0.25, -0.2) is 0 Å². The molecule has 0 fully saturated rings. The molecular formula is C12H24O2. The number of carbonyl (C=O) groups is 1. The van der Waals surface area contributed by atoms with Crippen LogP contribution in [0, 0.1) is 5.92 Å². The van der Waals surface area contributed by atoms with Crippen LogP contribution in [-0.2, 0) is 9.53 Å². The molecule has 0 amide bonds. The molecule has 0 aromatic heterocycles. The zero-order chi connectivity index (χ0) is 11.0. The van der Waals surface area contributed by atoms with Crippen molar-refractivity contribution in [2.45, 2.75) is 65.9 Å². The summed E-state index contributed by atoms with van der Waals surface area (Å²) in [6.07, 6.45) is 6.36. The molecule has 0 aliphatic heterocycles. The first-order chi connectivity index (χ1) is 6.57. The summed E-state index contributed by atoms with van der Waals surface area (Å²) < 4.78 is 5.13. The average Bonchev–Trinajstić information content (AvgIpc) is 2.11. The van der Waals surface area contributed by atoms with E-state index in [4.69, 9.17) is 4.74 Å². The van der Waals surface area contributed by atoms with Crippen LogP contribution < -0.4 is 0 Å². The van der Waals surface area contributed by atoms with Crippen molar-refractivity contribution in [2.24, 2.45) is 5.92 Å². The number of hydrogen-bond donors (Lipinski definition) is 0. The topological polar surface area (TPSA) is 26.3 Å². The Balaban J connectivity index is 3.51. The third kappa shape index (κ3) is 6.93. The number of rotatable bonds is 7. The molecule has 0 spiro atoms. The standard InChI is InChI=1S/C12H24O2/c1-5-6-7-8-9-10(2)11(3)14-12(4)13/h10-11H,5-9H2,1-4H3. The molecule has 0 N–H and O–H groups in total. The summed E-state index contributed by atoms with van der Waals surface area (Å²) in [7, 11) is 0. The predicted octanol–water partition coefficient (Wildman–Crippen LogP) is 3.54. The van der Waals surface area contributed by atoms with Gasteiger partial charge in [0.05, 0.1) is 0 Å². The Bertz CT molecular complexity index is 154. The van der Waals surface area contributed by atoms with E-state index in [-0.39, 0.29) is 12.1 Å². The maximum atomic E-state index is 10.7. The largest absolute Gasteiger partial charge is 0.463 e. The quantitative estimate of drug-likeness (QED) is 0.464. The monoisotopic (exact) mass is 200 g/mol. The van der Waals surface area contributed by atoms with Crippen LogP contribution in [0.25, 0.3) is 0 Å². The number of unbranched alkanes of at least 4 members (excludes halogenated alkanes) is 3. The van der Waals surface area contributed by atoms with Crippen molar-refractivity contribution < 1.29 is 9.53 Å². The fourth-order valence-electron chi connectivity index (χ4n) is 1.51. The normalized spacial score (nSPS) is 14.9. The molecule has 84 valence electrons. The highest BCUT2D eigenvalue weighted by molar-refractivity contribution is 5.66. The van der Waals surface area contributed by atoms with Gasteiger partial charge in [-0.2, -0.15) is 0 Å².